The number of thioether (sulfide) groups is 1. The van der Waals surface area contributed by atoms with Crippen molar-refractivity contribution < 1.29 is 0 Å². The summed E-state index contributed by atoms with van der Waals surface area (Å²) in [6.45, 7) is 4.13. The van der Waals surface area contributed by atoms with Gasteiger partial charge < -0.3 is 10.2 Å². The number of anilines is 2. The van der Waals surface area contributed by atoms with Gasteiger partial charge in [0, 0.05) is 19.1 Å². The summed E-state index contributed by atoms with van der Waals surface area (Å²) < 4.78 is 0. The van der Waals surface area contributed by atoms with Gasteiger partial charge in [0.2, 0.25) is 17.2 Å². The Morgan fingerprint density at radius 2 is 2.05 bits per heavy atom. The van der Waals surface area contributed by atoms with Crippen LogP contribution < -0.4 is 10.2 Å². The van der Waals surface area contributed by atoms with Crippen LogP contribution in [-0.4, -0.2) is 46.1 Å². The van der Waals surface area contributed by atoms with Crippen LogP contribution in [0.5, 0.6) is 0 Å². The van der Waals surface area contributed by atoms with Crippen molar-refractivity contribution in [1.82, 2.24) is 15.0 Å². The molecular weight excluding hydrogens is 282 g/mol. The molecular formula is C12H20ClN5S. The maximum atomic E-state index is 5.98. The summed E-state index contributed by atoms with van der Waals surface area (Å²) in [5.41, 5.74) is 0. The van der Waals surface area contributed by atoms with Crippen LogP contribution in [0.25, 0.3) is 0 Å². The fourth-order valence-corrected chi connectivity index (χ4v) is 2.79. The summed E-state index contributed by atoms with van der Waals surface area (Å²) in [7, 11) is 0. The highest BCUT2D eigenvalue weighted by Crippen LogP contribution is 2.19. The minimum absolute atomic E-state index is 0.261. The lowest BCUT2D eigenvalue weighted by molar-refractivity contribution is 0.755. The molecule has 1 fully saturated rings. The first kappa shape index (κ1) is 14.7. The molecule has 1 unspecified atom stereocenters. The van der Waals surface area contributed by atoms with E-state index in [1.807, 2.05) is 11.8 Å². The Morgan fingerprint density at radius 3 is 2.74 bits per heavy atom. The lowest BCUT2D eigenvalue weighted by atomic mass is 10.3. The van der Waals surface area contributed by atoms with Gasteiger partial charge in [-0.25, -0.2) is 0 Å². The zero-order valence-electron chi connectivity index (χ0n) is 11.4. The number of aromatic nitrogens is 3. The van der Waals surface area contributed by atoms with Crippen LogP contribution in [0.1, 0.15) is 26.2 Å². The third-order valence-electron chi connectivity index (χ3n) is 3.12. The summed E-state index contributed by atoms with van der Waals surface area (Å²) >= 11 is 7.82. The van der Waals surface area contributed by atoms with Crippen LogP contribution in [0.15, 0.2) is 0 Å². The Morgan fingerprint density at radius 1 is 1.32 bits per heavy atom. The molecule has 106 valence electrons. The standard InChI is InChI=1S/C12H20ClN5S/c1-9(5-8-19-2)14-11-15-10(13)16-12(17-11)18-6-3-4-7-18/h9H,3-8H2,1-2H3,(H,14,15,16,17). The largest absolute Gasteiger partial charge is 0.352 e. The molecule has 0 aliphatic carbocycles. The second-order valence-corrected chi connectivity index (χ2v) is 6.07. The first-order valence-corrected chi connectivity index (χ1v) is 8.38. The fourth-order valence-electron chi connectivity index (χ4n) is 2.05. The smallest absolute Gasteiger partial charge is 0.231 e. The Bertz CT molecular complexity index is 411. The van der Waals surface area contributed by atoms with E-state index in [1.165, 1.54) is 12.8 Å². The van der Waals surface area contributed by atoms with Gasteiger partial charge in [-0.15, -0.1) is 0 Å². The molecule has 0 saturated carbocycles. The van der Waals surface area contributed by atoms with E-state index in [0.717, 1.165) is 25.3 Å². The van der Waals surface area contributed by atoms with E-state index in [2.05, 4.69) is 38.3 Å². The summed E-state index contributed by atoms with van der Waals surface area (Å²) in [4.78, 5) is 15.0. The van der Waals surface area contributed by atoms with Crippen LogP contribution in [0, 0.1) is 0 Å². The van der Waals surface area contributed by atoms with Gasteiger partial charge in [0.05, 0.1) is 0 Å². The molecule has 0 bridgehead atoms. The molecule has 0 amide bonds. The van der Waals surface area contributed by atoms with Gasteiger partial charge in [-0.1, -0.05) is 0 Å². The molecule has 0 radical (unpaired) electrons. The van der Waals surface area contributed by atoms with Gasteiger partial charge in [-0.2, -0.15) is 26.7 Å². The highest BCUT2D eigenvalue weighted by molar-refractivity contribution is 7.98. The molecule has 2 heterocycles. The van der Waals surface area contributed by atoms with E-state index < -0.39 is 0 Å². The van der Waals surface area contributed by atoms with E-state index in [4.69, 9.17) is 11.6 Å². The van der Waals surface area contributed by atoms with Crippen molar-refractivity contribution in [2.75, 3.05) is 35.3 Å². The van der Waals surface area contributed by atoms with E-state index in [0.29, 0.717) is 17.9 Å². The first-order valence-electron chi connectivity index (χ1n) is 6.61. The molecule has 1 saturated heterocycles. The van der Waals surface area contributed by atoms with E-state index in [-0.39, 0.29) is 5.28 Å². The van der Waals surface area contributed by atoms with Gasteiger partial charge in [0.25, 0.3) is 0 Å². The third kappa shape index (κ3) is 4.38. The van der Waals surface area contributed by atoms with Gasteiger partial charge in [0.15, 0.2) is 0 Å². The van der Waals surface area contributed by atoms with Gasteiger partial charge in [-0.3, -0.25) is 0 Å². The van der Waals surface area contributed by atoms with Crippen molar-refractivity contribution >= 4 is 35.3 Å². The molecule has 1 aliphatic rings. The molecule has 7 heteroatoms. The summed E-state index contributed by atoms with van der Waals surface area (Å²) in [6, 6.07) is 0.331. The number of rotatable bonds is 6. The molecule has 1 aromatic heterocycles. The average Bonchev–Trinajstić information content (AvgIpc) is 2.89. The molecule has 0 spiro atoms. The van der Waals surface area contributed by atoms with E-state index >= 15 is 0 Å². The molecule has 19 heavy (non-hydrogen) atoms. The lowest BCUT2D eigenvalue weighted by Crippen LogP contribution is -2.23. The molecule has 2 rings (SSSR count). The molecule has 1 atom stereocenters. The second-order valence-electron chi connectivity index (χ2n) is 4.75. The van der Waals surface area contributed by atoms with Crippen molar-refractivity contribution in [1.29, 1.82) is 0 Å². The highest BCUT2D eigenvalue weighted by atomic mass is 35.5. The molecule has 0 aromatic carbocycles. The predicted molar refractivity (Wildman–Crippen MR) is 82.4 cm³/mol. The summed E-state index contributed by atoms with van der Waals surface area (Å²) in [5.74, 6) is 2.39. The minimum atomic E-state index is 0.261. The number of hydrogen-bond acceptors (Lipinski definition) is 6. The first-order chi connectivity index (χ1) is 9.19. The quantitative estimate of drug-likeness (QED) is 0.872. The predicted octanol–water partition coefficient (Wildman–Crippen LogP) is 2.68. The van der Waals surface area contributed by atoms with Crippen molar-refractivity contribution in [3.05, 3.63) is 5.28 Å². The number of halogens is 1. The Labute approximate surface area is 123 Å². The van der Waals surface area contributed by atoms with Crippen LogP contribution in [0.2, 0.25) is 5.28 Å². The zero-order valence-corrected chi connectivity index (χ0v) is 13.0. The highest BCUT2D eigenvalue weighted by Gasteiger charge is 2.17. The topological polar surface area (TPSA) is 53.9 Å². The summed E-state index contributed by atoms with van der Waals surface area (Å²) in [6.07, 6.45) is 5.56. The normalized spacial score (nSPS) is 16.7. The molecule has 1 N–H and O–H groups in total. The van der Waals surface area contributed by atoms with E-state index in [1.54, 1.807) is 0 Å². The van der Waals surface area contributed by atoms with Crippen LogP contribution >= 0.6 is 23.4 Å². The Balaban J connectivity index is 2.03. The van der Waals surface area contributed by atoms with Gasteiger partial charge >= 0.3 is 0 Å². The van der Waals surface area contributed by atoms with Crippen molar-refractivity contribution in [2.45, 2.75) is 32.2 Å². The monoisotopic (exact) mass is 301 g/mol. The average molecular weight is 302 g/mol. The maximum Gasteiger partial charge on any atom is 0.231 e. The second kappa shape index (κ2) is 7.14. The van der Waals surface area contributed by atoms with Gasteiger partial charge in [-0.05, 0) is 49.8 Å². The van der Waals surface area contributed by atoms with Crippen molar-refractivity contribution in [2.24, 2.45) is 0 Å². The Kier molecular flexibility index (Phi) is 5.51. The fraction of sp³-hybridized carbons (Fsp3) is 0.750. The van der Waals surface area contributed by atoms with Crippen molar-refractivity contribution in [3.63, 3.8) is 0 Å². The van der Waals surface area contributed by atoms with Crippen molar-refractivity contribution in [3.8, 4) is 0 Å². The number of hydrogen-bond donors (Lipinski definition) is 1. The van der Waals surface area contributed by atoms with Crippen LogP contribution in [0.3, 0.4) is 0 Å². The summed E-state index contributed by atoms with van der Waals surface area (Å²) in [5, 5.41) is 3.56. The molecule has 1 aliphatic heterocycles. The number of nitrogens with zero attached hydrogens (tertiary/aromatic N) is 4. The lowest BCUT2D eigenvalue weighted by Gasteiger charge is -2.17. The molecule has 1 aromatic rings. The SMILES string of the molecule is CSCCC(C)Nc1nc(Cl)nc(N2CCCC2)n1. The third-order valence-corrected chi connectivity index (χ3v) is 3.93. The molecule has 5 nitrogen and oxygen atoms in total. The van der Waals surface area contributed by atoms with E-state index in [9.17, 15) is 0 Å². The Hall–Kier alpha value is -0.750. The minimum Gasteiger partial charge on any atom is -0.352 e. The van der Waals surface area contributed by atoms with Crippen LogP contribution in [-0.2, 0) is 0 Å². The number of nitrogens with one attached hydrogen (secondary N) is 1. The maximum absolute atomic E-state index is 5.98. The zero-order chi connectivity index (χ0) is 13.7. The van der Waals surface area contributed by atoms with Crippen LogP contribution in [0.4, 0.5) is 11.9 Å². The van der Waals surface area contributed by atoms with Gasteiger partial charge in [0.1, 0.15) is 0 Å².